The summed E-state index contributed by atoms with van der Waals surface area (Å²) in [6.07, 6.45) is 4.18. The van der Waals surface area contributed by atoms with Gasteiger partial charge in [0.05, 0.1) is 4.88 Å². The SMILES string of the molecule is O=C(Nc1c(C(=O)N2CCCCCC2)oc2ccccc12)c1cc(-c2cccs2)on1. The Morgan fingerprint density at radius 2 is 1.84 bits per heavy atom. The summed E-state index contributed by atoms with van der Waals surface area (Å²) in [5, 5.41) is 9.35. The van der Waals surface area contributed by atoms with Crippen LogP contribution in [0.3, 0.4) is 0 Å². The fraction of sp³-hybridized carbons (Fsp3) is 0.261. The van der Waals surface area contributed by atoms with E-state index in [2.05, 4.69) is 10.5 Å². The number of fused-ring (bicyclic) bond motifs is 1. The van der Waals surface area contributed by atoms with E-state index in [1.165, 1.54) is 11.3 Å². The lowest BCUT2D eigenvalue weighted by molar-refractivity contribution is 0.0733. The highest BCUT2D eigenvalue weighted by atomic mass is 32.1. The molecule has 0 bridgehead atoms. The van der Waals surface area contributed by atoms with Gasteiger partial charge >= 0.3 is 0 Å². The van der Waals surface area contributed by atoms with E-state index in [1.54, 1.807) is 12.1 Å². The van der Waals surface area contributed by atoms with Gasteiger partial charge in [0.15, 0.2) is 11.5 Å². The zero-order valence-electron chi connectivity index (χ0n) is 16.8. The van der Waals surface area contributed by atoms with Crippen LogP contribution in [0.4, 0.5) is 5.69 Å². The molecule has 5 rings (SSSR count). The molecular weight excluding hydrogens is 414 g/mol. The average molecular weight is 436 g/mol. The van der Waals surface area contributed by atoms with Gasteiger partial charge in [0.25, 0.3) is 11.8 Å². The highest BCUT2D eigenvalue weighted by Gasteiger charge is 2.28. The number of para-hydroxylation sites is 1. The molecule has 4 heterocycles. The first-order chi connectivity index (χ1) is 15.2. The number of thiophene rings is 1. The summed E-state index contributed by atoms with van der Waals surface area (Å²) in [5.74, 6) is 0.0207. The number of likely N-dealkylation sites (tertiary alicyclic amines) is 1. The molecule has 1 aliphatic rings. The van der Waals surface area contributed by atoms with Gasteiger partial charge < -0.3 is 19.2 Å². The minimum Gasteiger partial charge on any atom is -0.449 e. The average Bonchev–Trinajstić information content (AvgIpc) is 3.50. The first-order valence-corrected chi connectivity index (χ1v) is 11.2. The van der Waals surface area contributed by atoms with Crippen LogP contribution in [-0.2, 0) is 0 Å². The summed E-state index contributed by atoms with van der Waals surface area (Å²) >= 11 is 1.50. The number of carbonyl (C=O) groups is 2. The van der Waals surface area contributed by atoms with Gasteiger partial charge in [-0.1, -0.05) is 36.2 Å². The van der Waals surface area contributed by atoms with Gasteiger partial charge in [-0.05, 0) is 36.4 Å². The monoisotopic (exact) mass is 435 g/mol. The lowest BCUT2D eigenvalue weighted by Crippen LogP contribution is -2.32. The van der Waals surface area contributed by atoms with Crippen LogP contribution in [0, 0.1) is 0 Å². The first kappa shape index (κ1) is 19.6. The first-order valence-electron chi connectivity index (χ1n) is 10.3. The van der Waals surface area contributed by atoms with Crippen molar-refractivity contribution >= 4 is 39.8 Å². The number of amides is 2. The number of carbonyl (C=O) groups excluding carboxylic acids is 2. The third-order valence-electron chi connectivity index (χ3n) is 5.43. The Morgan fingerprint density at radius 3 is 2.61 bits per heavy atom. The Labute approximate surface area is 182 Å². The molecule has 2 amide bonds. The van der Waals surface area contributed by atoms with E-state index < -0.39 is 5.91 Å². The fourth-order valence-corrected chi connectivity index (χ4v) is 4.51. The number of hydrogen-bond acceptors (Lipinski definition) is 6. The quantitative estimate of drug-likeness (QED) is 0.462. The molecule has 158 valence electrons. The third-order valence-corrected chi connectivity index (χ3v) is 6.31. The minimum absolute atomic E-state index is 0.141. The Kier molecular flexibility index (Phi) is 5.30. The summed E-state index contributed by atoms with van der Waals surface area (Å²) < 4.78 is 11.2. The van der Waals surface area contributed by atoms with Crippen LogP contribution >= 0.6 is 11.3 Å². The second kappa shape index (κ2) is 8.39. The van der Waals surface area contributed by atoms with E-state index in [4.69, 9.17) is 8.94 Å². The molecule has 4 aromatic rings. The van der Waals surface area contributed by atoms with Gasteiger partial charge in [-0.25, -0.2) is 0 Å². The molecule has 1 aromatic carbocycles. The summed E-state index contributed by atoms with van der Waals surface area (Å²) in [6, 6.07) is 12.7. The molecule has 7 nitrogen and oxygen atoms in total. The number of anilines is 1. The van der Waals surface area contributed by atoms with Crippen molar-refractivity contribution in [1.82, 2.24) is 10.1 Å². The topological polar surface area (TPSA) is 88.6 Å². The number of hydrogen-bond donors (Lipinski definition) is 1. The largest absolute Gasteiger partial charge is 0.449 e. The summed E-state index contributed by atoms with van der Waals surface area (Å²) in [5.41, 5.74) is 1.06. The Hall–Kier alpha value is -3.39. The molecule has 1 aliphatic heterocycles. The standard InChI is InChI=1S/C23H21N3O4S/c27-22(16-14-18(30-25-16)19-10-7-13-31-19)24-20-15-8-3-4-9-17(15)29-21(20)23(28)26-11-5-1-2-6-12-26/h3-4,7-10,13-14H,1-2,5-6,11-12H2,(H,24,27). The molecule has 1 saturated heterocycles. The van der Waals surface area contributed by atoms with Crippen molar-refractivity contribution in [2.24, 2.45) is 0 Å². The van der Waals surface area contributed by atoms with Crippen molar-refractivity contribution in [3.63, 3.8) is 0 Å². The predicted molar refractivity (Wildman–Crippen MR) is 118 cm³/mol. The second-order valence-electron chi connectivity index (χ2n) is 7.52. The molecule has 1 N–H and O–H groups in total. The van der Waals surface area contributed by atoms with E-state index in [9.17, 15) is 9.59 Å². The molecule has 31 heavy (non-hydrogen) atoms. The van der Waals surface area contributed by atoms with Gasteiger partial charge in [-0.2, -0.15) is 0 Å². The van der Waals surface area contributed by atoms with Gasteiger partial charge in [0, 0.05) is 24.5 Å². The van der Waals surface area contributed by atoms with Gasteiger partial charge in [0.1, 0.15) is 11.3 Å². The molecule has 3 aromatic heterocycles. The highest BCUT2D eigenvalue weighted by Crippen LogP contribution is 2.33. The molecule has 0 aliphatic carbocycles. The van der Waals surface area contributed by atoms with Gasteiger partial charge in [-0.15, -0.1) is 11.3 Å². The maximum atomic E-state index is 13.3. The maximum absolute atomic E-state index is 13.3. The van der Waals surface area contributed by atoms with Crippen LogP contribution in [0.15, 0.2) is 56.8 Å². The molecule has 0 spiro atoms. The summed E-state index contributed by atoms with van der Waals surface area (Å²) in [7, 11) is 0. The molecule has 0 radical (unpaired) electrons. The van der Waals surface area contributed by atoms with E-state index in [-0.39, 0.29) is 17.4 Å². The number of nitrogens with one attached hydrogen (secondary N) is 1. The lowest BCUT2D eigenvalue weighted by atomic mass is 10.2. The highest BCUT2D eigenvalue weighted by molar-refractivity contribution is 7.13. The number of rotatable bonds is 4. The second-order valence-corrected chi connectivity index (χ2v) is 8.46. The van der Waals surface area contributed by atoms with E-state index in [0.717, 1.165) is 30.6 Å². The predicted octanol–water partition coefficient (Wildman–Crippen LogP) is 5.42. The van der Waals surface area contributed by atoms with Gasteiger partial charge in [-0.3, -0.25) is 9.59 Å². The van der Waals surface area contributed by atoms with Crippen molar-refractivity contribution in [1.29, 1.82) is 0 Å². The molecule has 8 heteroatoms. The lowest BCUT2D eigenvalue weighted by Gasteiger charge is -2.19. The normalized spacial score (nSPS) is 14.5. The molecule has 1 fully saturated rings. The van der Waals surface area contributed by atoms with E-state index >= 15 is 0 Å². The van der Waals surface area contributed by atoms with Crippen molar-refractivity contribution in [2.75, 3.05) is 18.4 Å². The van der Waals surface area contributed by atoms with Crippen LogP contribution in [-0.4, -0.2) is 35.0 Å². The van der Waals surface area contributed by atoms with Crippen molar-refractivity contribution in [3.05, 3.63) is 59.3 Å². The zero-order chi connectivity index (χ0) is 21.2. The van der Waals surface area contributed by atoms with E-state index in [1.807, 2.05) is 40.6 Å². The van der Waals surface area contributed by atoms with E-state index in [0.29, 0.717) is 35.5 Å². The van der Waals surface area contributed by atoms with Crippen molar-refractivity contribution in [2.45, 2.75) is 25.7 Å². The van der Waals surface area contributed by atoms with Crippen molar-refractivity contribution in [3.8, 4) is 10.6 Å². The minimum atomic E-state index is -0.456. The van der Waals surface area contributed by atoms with Gasteiger partial charge in [0.2, 0.25) is 5.76 Å². The Balaban J connectivity index is 1.46. The van der Waals surface area contributed by atoms with Crippen LogP contribution in [0.5, 0.6) is 0 Å². The Bertz CT molecular complexity index is 1220. The summed E-state index contributed by atoms with van der Waals surface area (Å²) in [6.45, 7) is 1.38. The van der Waals surface area contributed by atoms with Crippen LogP contribution < -0.4 is 5.32 Å². The number of benzene rings is 1. The Morgan fingerprint density at radius 1 is 1.03 bits per heavy atom. The molecule has 0 unspecified atom stereocenters. The molecular formula is C23H21N3O4S. The van der Waals surface area contributed by atoms with Crippen LogP contribution in [0.2, 0.25) is 0 Å². The fourth-order valence-electron chi connectivity index (χ4n) is 3.83. The molecule has 0 saturated carbocycles. The number of furan rings is 1. The summed E-state index contributed by atoms with van der Waals surface area (Å²) in [4.78, 5) is 28.9. The van der Waals surface area contributed by atoms with Crippen LogP contribution in [0.1, 0.15) is 46.7 Å². The number of aromatic nitrogens is 1. The number of nitrogens with zero attached hydrogens (tertiary/aromatic N) is 2. The third kappa shape index (κ3) is 3.86. The van der Waals surface area contributed by atoms with Crippen LogP contribution in [0.25, 0.3) is 21.6 Å². The molecule has 0 atom stereocenters. The van der Waals surface area contributed by atoms with Crippen molar-refractivity contribution < 1.29 is 18.5 Å². The maximum Gasteiger partial charge on any atom is 0.291 e. The smallest absolute Gasteiger partial charge is 0.291 e. The zero-order valence-corrected chi connectivity index (χ0v) is 17.6.